The van der Waals surface area contributed by atoms with Crippen molar-refractivity contribution in [1.82, 2.24) is 9.78 Å². The van der Waals surface area contributed by atoms with Crippen molar-refractivity contribution in [3.63, 3.8) is 0 Å². The van der Waals surface area contributed by atoms with E-state index in [1.165, 1.54) is 12.1 Å². The van der Waals surface area contributed by atoms with E-state index in [9.17, 15) is 9.18 Å². The van der Waals surface area contributed by atoms with Gasteiger partial charge in [0, 0.05) is 10.5 Å². The second-order valence-corrected chi connectivity index (χ2v) is 6.69. The first-order valence-corrected chi connectivity index (χ1v) is 8.75. The van der Waals surface area contributed by atoms with Gasteiger partial charge in [-0.3, -0.25) is 4.79 Å². The lowest BCUT2D eigenvalue weighted by atomic mass is 10.1. The van der Waals surface area contributed by atoms with E-state index in [2.05, 4.69) is 32.4 Å². The van der Waals surface area contributed by atoms with E-state index in [1.807, 2.05) is 25.1 Å². The van der Waals surface area contributed by atoms with Gasteiger partial charge in [-0.2, -0.15) is 5.10 Å². The van der Waals surface area contributed by atoms with Gasteiger partial charge in [-0.05, 0) is 30.7 Å². The van der Waals surface area contributed by atoms with Gasteiger partial charge < -0.3 is 10.1 Å². The largest absolute Gasteiger partial charge is 0.481 e. The maximum atomic E-state index is 13.7. The summed E-state index contributed by atoms with van der Waals surface area (Å²) >= 11 is 3.17. The van der Waals surface area contributed by atoms with E-state index in [4.69, 9.17) is 4.74 Å². The number of aromatic nitrogens is 2. The molecular weight excluding hydrogens is 401 g/mol. The summed E-state index contributed by atoms with van der Waals surface area (Å²) < 4.78 is 21.2. The van der Waals surface area contributed by atoms with Gasteiger partial charge in [0.15, 0.2) is 18.2 Å². The highest BCUT2D eigenvalue weighted by Crippen LogP contribution is 2.21. The van der Waals surface area contributed by atoms with Crippen LogP contribution in [0.15, 0.2) is 59.2 Å². The van der Waals surface area contributed by atoms with Crippen LogP contribution in [-0.2, 0) is 11.3 Å². The number of aryl methyl sites for hydroxylation is 1. The molecule has 0 fully saturated rings. The molecule has 1 N–H and O–H groups in total. The summed E-state index contributed by atoms with van der Waals surface area (Å²) in [6, 6.07) is 14.2. The van der Waals surface area contributed by atoms with Crippen LogP contribution in [0.2, 0.25) is 0 Å². The van der Waals surface area contributed by atoms with Crippen molar-refractivity contribution in [3.8, 4) is 5.75 Å². The van der Waals surface area contributed by atoms with Crippen LogP contribution < -0.4 is 10.1 Å². The molecule has 0 unspecified atom stereocenters. The van der Waals surface area contributed by atoms with Crippen molar-refractivity contribution in [2.75, 3.05) is 11.9 Å². The van der Waals surface area contributed by atoms with Crippen LogP contribution in [-0.4, -0.2) is 22.3 Å². The first-order valence-electron chi connectivity index (χ1n) is 7.96. The number of carbonyl (C=O) groups excluding carboxylic acids is 1. The molecule has 1 heterocycles. The fraction of sp³-hybridized carbons (Fsp3) is 0.158. The molecular formula is C19H17BrFN3O2. The first kappa shape index (κ1) is 18.1. The highest BCUT2D eigenvalue weighted by atomic mass is 79.9. The summed E-state index contributed by atoms with van der Waals surface area (Å²) in [6.45, 7) is 2.26. The molecule has 0 aliphatic rings. The first-order chi connectivity index (χ1) is 12.5. The summed E-state index contributed by atoms with van der Waals surface area (Å²) in [4.78, 5) is 12.1. The number of anilines is 1. The van der Waals surface area contributed by atoms with Crippen LogP contribution in [0, 0.1) is 12.7 Å². The van der Waals surface area contributed by atoms with Crippen molar-refractivity contribution in [3.05, 3.63) is 76.1 Å². The molecule has 0 bridgehead atoms. The zero-order valence-electron chi connectivity index (χ0n) is 14.1. The van der Waals surface area contributed by atoms with Crippen molar-refractivity contribution in [1.29, 1.82) is 0 Å². The Labute approximate surface area is 158 Å². The Hall–Kier alpha value is -2.67. The SMILES string of the molecule is Cc1cccc(Cn2nccc2NC(=O)COc2ccc(Br)cc2F)c1. The Morgan fingerprint density at radius 1 is 1.27 bits per heavy atom. The average molecular weight is 418 g/mol. The quantitative estimate of drug-likeness (QED) is 0.654. The Kier molecular flexibility index (Phi) is 5.68. The van der Waals surface area contributed by atoms with Crippen LogP contribution in [0.3, 0.4) is 0 Å². The monoisotopic (exact) mass is 417 g/mol. The van der Waals surface area contributed by atoms with Gasteiger partial charge in [0.2, 0.25) is 0 Å². The number of ether oxygens (including phenoxy) is 1. The number of hydrogen-bond donors (Lipinski definition) is 1. The minimum Gasteiger partial charge on any atom is -0.481 e. The molecule has 3 aromatic rings. The zero-order chi connectivity index (χ0) is 18.5. The minimum absolute atomic E-state index is 0.0246. The molecule has 1 aromatic heterocycles. The van der Waals surface area contributed by atoms with Crippen LogP contribution in [0.1, 0.15) is 11.1 Å². The van der Waals surface area contributed by atoms with Crippen LogP contribution >= 0.6 is 15.9 Å². The number of nitrogens with one attached hydrogen (secondary N) is 1. The smallest absolute Gasteiger partial charge is 0.263 e. The Bertz CT molecular complexity index is 927. The molecule has 7 heteroatoms. The number of rotatable bonds is 6. The van der Waals surface area contributed by atoms with Gasteiger partial charge >= 0.3 is 0 Å². The molecule has 5 nitrogen and oxygen atoms in total. The zero-order valence-corrected chi connectivity index (χ0v) is 15.7. The summed E-state index contributed by atoms with van der Waals surface area (Å²) in [5, 5.41) is 6.96. The number of hydrogen-bond acceptors (Lipinski definition) is 3. The van der Waals surface area contributed by atoms with Crippen molar-refractivity contribution >= 4 is 27.7 Å². The second kappa shape index (κ2) is 8.14. The third-order valence-electron chi connectivity index (χ3n) is 3.65. The van der Waals surface area contributed by atoms with Gasteiger partial charge in [-0.1, -0.05) is 45.8 Å². The summed E-state index contributed by atoms with van der Waals surface area (Å²) in [6.07, 6.45) is 1.61. The lowest BCUT2D eigenvalue weighted by Crippen LogP contribution is -2.22. The molecule has 0 radical (unpaired) electrons. The van der Waals surface area contributed by atoms with Gasteiger partial charge in [0.1, 0.15) is 5.82 Å². The molecule has 3 rings (SSSR count). The minimum atomic E-state index is -0.531. The Morgan fingerprint density at radius 2 is 2.12 bits per heavy atom. The van der Waals surface area contributed by atoms with Crippen molar-refractivity contribution in [2.45, 2.75) is 13.5 Å². The van der Waals surface area contributed by atoms with Gasteiger partial charge in [-0.15, -0.1) is 0 Å². The maximum absolute atomic E-state index is 13.7. The lowest BCUT2D eigenvalue weighted by Gasteiger charge is -2.11. The number of carbonyl (C=O) groups is 1. The van der Waals surface area contributed by atoms with E-state index in [0.29, 0.717) is 16.8 Å². The number of benzene rings is 2. The van der Waals surface area contributed by atoms with Crippen molar-refractivity contribution in [2.24, 2.45) is 0 Å². The van der Waals surface area contributed by atoms with Gasteiger partial charge in [-0.25, -0.2) is 9.07 Å². The molecule has 2 aromatic carbocycles. The standard InChI is InChI=1S/C19H17BrFN3O2/c1-13-3-2-4-14(9-13)11-24-18(7-8-22-24)23-19(25)12-26-17-6-5-15(20)10-16(17)21/h2-10H,11-12H2,1H3,(H,23,25). The molecule has 0 aliphatic carbocycles. The van der Waals surface area contributed by atoms with E-state index in [1.54, 1.807) is 23.0 Å². The fourth-order valence-electron chi connectivity index (χ4n) is 2.46. The summed E-state index contributed by atoms with van der Waals surface area (Å²) in [5.41, 5.74) is 2.24. The third kappa shape index (κ3) is 4.70. The predicted octanol–water partition coefficient (Wildman–Crippen LogP) is 4.16. The molecule has 0 atom stereocenters. The predicted molar refractivity (Wildman–Crippen MR) is 101 cm³/mol. The van der Waals surface area contributed by atoms with Crippen LogP contribution in [0.4, 0.5) is 10.2 Å². The highest BCUT2D eigenvalue weighted by molar-refractivity contribution is 9.10. The molecule has 0 aliphatic heterocycles. The van der Waals surface area contributed by atoms with Crippen LogP contribution in [0.5, 0.6) is 5.75 Å². The molecule has 0 saturated carbocycles. The van der Waals surface area contributed by atoms with E-state index < -0.39 is 11.7 Å². The Morgan fingerprint density at radius 3 is 2.88 bits per heavy atom. The number of nitrogens with zero attached hydrogens (tertiary/aromatic N) is 2. The molecule has 134 valence electrons. The summed E-state index contributed by atoms with van der Waals surface area (Å²) in [5.74, 6) is -0.344. The van der Waals surface area contributed by atoms with Crippen LogP contribution in [0.25, 0.3) is 0 Å². The van der Waals surface area contributed by atoms with E-state index in [-0.39, 0.29) is 12.4 Å². The second-order valence-electron chi connectivity index (χ2n) is 5.77. The fourth-order valence-corrected chi connectivity index (χ4v) is 2.80. The Balaban J connectivity index is 1.60. The number of amides is 1. The van der Waals surface area contributed by atoms with Gasteiger partial charge in [0.05, 0.1) is 12.7 Å². The molecule has 1 amide bonds. The van der Waals surface area contributed by atoms with Crippen molar-refractivity contribution < 1.29 is 13.9 Å². The average Bonchev–Trinajstić information content (AvgIpc) is 3.01. The molecule has 0 saturated heterocycles. The third-order valence-corrected chi connectivity index (χ3v) is 4.14. The van der Waals surface area contributed by atoms with E-state index >= 15 is 0 Å². The lowest BCUT2D eigenvalue weighted by molar-refractivity contribution is -0.118. The number of halogens is 2. The maximum Gasteiger partial charge on any atom is 0.263 e. The normalized spacial score (nSPS) is 10.6. The molecule has 26 heavy (non-hydrogen) atoms. The highest BCUT2D eigenvalue weighted by Gasteiger charge is 2.11. The summed E-state index contributed by atoms with van der Waals surface area (Å²) in [7, 11) is 0. The molecule has 0 spiro atoms. The topological polar surface area (TPSA) is 56.2 Å². The van der Waals surface area contributed by atoms with E-state index in [0.717, 1.165) is 11.1 Å². The van der Waals surface area contributed by atoms with Gasteiger partial charge in [0.25, 0.3) is 5.91 Å².